The topological polar surface area (TPSA) is 89.4 Å². The van der Waals surface area contributed by atoms with Gasteiger partial charge in [-0.2, -0.15) is 5.10 Å². The second-order valence-electron chi connectivity index (χ2n) is 5.98. The Balaban J connectivity index is 1.55. The number of pyridine rings is 1. The summed E-state index contributed by atoms with van der Waals surface area (Å²) in [6, 6.07) is 6.74. The van der Waals surface area contributed by atoms with Crippen LogP contribution in [0.2, 0.25) is 0 Å². The van der Waals surface area contributed by atoms with E-state index in [0.717, 1.165) is 31.7 Å². The van der Waals surface area contributed by atoms with Crippen LogP contribution in [-0.2, 0) is 7.05 Å². The molecule has 0 spiro atoms. The standard InChI is InChI=1S/C17H21N5O3/c1-21-16(23)6-4-14(20-21)22-9-7-13(8-10-22)19-17(24)12-3-5-15(25-2)18-11-12/h3-6,11,13H,7-10H2,1-2H3,(H,19,24). The normalized spacial score (nSPS) is 15.0. The van der Waals surface area contributed by atoms with E-state index < -0.39 is 0 Å². The fraction of sp³-hybridized carbons (Fsp3) is 0.412. The molecule has 8 nitrogen and oxygen atoms in total. The highest BCUT2D eigenvalue weighted by atomic mass is 16.5. The molecule has 8 heteroatoms. The lowest BCUT2D eigenvalue weighted by Crippen LogP contribution is -2.45. The third kappa shape index (κ3) is 3.96. The van der Waals surface area contributed by atoms with Crippen LogP contribution in [0.4, 0.5) is 5.82 Å². The van der Waals surface area contributed by atoms with Crippen LogP contribution in [0.15, 0.2) is 35.3 Å². The van der Waals surface area contributed by atoms with Crippen molar-refractivity contribution >= 4 is 11.7 Å². The highest BCUT2D eigenvalue weighted by Gasteiger charge is 2.22. The number of nitrogens with one attached hydrogen (secondary N) is 1. The largest absolute Gasteiger partial charge is 0.481 e. The predicted octanol–water partition coefficient (Wildman–Crippen LogP) is 0.583. The van der Waals surface area contributed by atoms with E-state index in [0.29, 0.717) is 11.4 Å². The number of carbonyl (C=O) groups is 1. The Kier molecular flexibility index (Phi) is 4.97. The maximum atomic E-state index is 12.3. The monoisotopic (exact) mass is 343 g/mol. The molecule has 1 aliphatic rings. The first kappa shape index (κ1) is 16.9. The van der Waals surface area contributed by atoms with Gasteiger partial charge in [-0.05, 0) is 25.0 Å². The lowest BCUT2D eigenvalue weighted by molar-refractivity contribution is 0.0930. The van der Waals surface area contributed by atoms with Gasteiger partial charge in [-0.3, -0.25) is 9.59 Å². The number of amides is 1. The third-order valence-electron chi connectivity index (χ3n) is 4.31. The average Bonchev–Trinajstić information content (AvgIpc) is 2.64. The summed E-state index contributed by atoms with van der Waals surface area (Å²) in [5.41, 5.74) is 0.391. The number of rotatable bonds is 4. The maximum Gasteiger partial charge on any atom is 0.266 e. The molecule has 0 aliphatic carbocycles. The first-order valence-corrected chi connectivity index (χ1v) is 8.17. The minimum absolute atomic E-state index is 0.110. The second kappa shape index (κ2) is 7.33. The Morgan fingerprint density at radius 3 is 2.60 bits per heavy atom. The lowest BCUT2D eigenvalue weighted by Gasteiger charge is -2.33. The molecular formula is C17H21N5O3. The molecule has 1 fully saturated rings. The molecule has 132 valence electrons. The van der Waals surface area contributed by atoms with Gasteiger partial charge in [-0.25, -0.2) is 9.67 Å². The van der Waals surface area contributed by atoms with Gasteiger partial charge in [0.25, 0.3) is 11.5 Å². The summed E-state index contributed by atoms with van der Waals surface area (Å²) in [5, 5.41) is 7.31. The molecule has 0 saturated carbocycles. The van der Waals surface area contributed by atoms with E-state index in [1.165, 1.54) is 24.1 Å². The van der Waals surface area contributed by atoms with E-state index in [2.05, 4.69) is 20.3 Å². The molecule has 1 saturated heterocycles. The smallest absolute Gasteiger partial charge is 0.266 e. The number of anilines is 1. The zero-order valence-corrected chi connectivity index (χ0v) is 14.3. The van der Waals surface area contributed by atoms with Crippen LogP contribution in [0.25, 0.3) is 0 Å². The molecule has 1 N–H and O–H groups in total. The van der Waals surface area contributed by atoms with Crippen LogP contribution >= 0.6 is 0 Å². The van der Waals surface area contributed by atoms with Crippen molar-refractivity contribution < 1.29 is 9.53 Å². The molecule has 25 heavy (non-hydrogen) atoms. The number of carbonyl (C=O) groups excluding carboxylic acids is 1. The van der Waals surface area contributed by atoms with Crippen molar-refractivity contribution in [3.8, 4) is 5.88 Å². The van der Waals surface area contributed by atoms with Gasteiger partial charge in [0.15, 0.2) is 0 Å². The Morgan fingerprint density at radius 1 is 1.24 bits per heavy atom. The van der Waals surface area contributed by atoms with Crippen LogP contribution in [-0.4, -0.2) is 46.9 Å². The SMILES string of the molecule is COc1ccc(C(=O)NC2CCN(c3ccc(=O)n(C)n3)CC2)cn1. The molecule has 1 amide bonds. The molecule has 2 aromatic heterocycles. The van der Waals surface area contributed by atoms with E-state index in [-0.39, 0.29) is 17.5 Å². The van der Waals surface area contributed by atoms with E-state index >= 15 is 0 Å². The number of hydrogen-bond acceptors (Lipinski definition) is 6. The number of aromatic nitrogens is 3. The molecule has 0 unspecified atom stereocenters. The number of ether oxygens (including phenoxy) is 1. The van der Waals surface area contributed by atoms with E-state index in [4.69, 9.17) is 4.74 Å². The van der Waals surface area contributed by atoms with Crippen molar-refractivity contribution in [3.63, 3.8) is 0 Å². The Bertz CT molecular complexity index is 795. The van der Waals surface area contributed by atoms with Gasteiger partial charge in [0, 0.05) is 44.5 Å². The minimum atomic E-state index is -0.131. The Morgan fingerprint density at radius 2 is 2.00 bits per heavy atom. The quantitative estimate of drug-likeness (QED) is 0.874. The summed E-state index contributed by atoms with van der Waals surface area (Å²) in [7, 11) is 3.18. The number of nitrogens with zero attached hydrogens (tertiary/aromatic N) is 4. The van der Waals surface area contributed by atoms with Crippen molar-refractivity contribution in [2.75, 3.05) is 25.1 Å². The molecule has 2 aromatic rings. The van der Waals surface area contributed by atoms with Gasteiger partial charge < -0.3 is 15.0 Å². The van der Waals surface area contributed by atoms with Crippen LogP contribution < -0.4 is 20.5 Å². The van der Waals surface area contributed by atoms with Crippen LogP contribution in [0.3, 0.4) is 0 Å². The molecule has 0 radical (unpaired) electrons. The van der Waals surface area contributed by atoms with Crippen LogP contribution in [0.5, 0.6) is 5.88 Å². The molecule has 3 heterocycles. The second-order valence-corrected chi connectivity index (χ2v) is 5.98. The van der Waals surface area contributed by atoms with E-state index in [9.17, 15) is 9.59 Å². The van der Waals surface area contributed by atoms with Gasteiger partial charge in [-0.1, -0.05) is 0 Å². The molecule has 0 aromatic carbocycles. The van der Waals surface area contributed by atoms with Crippen molar-refractivity contribution in [1.82, 2.24) is 20.1 Å². The van der Waals surface area contributed by atoms with Gasteiger partial charge in [0.05, 0.1) is 12.7 Å². The van der Waals surface area contributed by atoms with Crippen molar-refractivity contribution in [3.05, 3.63) is 46.4 Å². The van der Waals surface area contributed by atoms with Crippen LogP contribution in [0, 0.1) is 0 Å². The van der Waals surface area contributed by atoms with Crippen molar-refractivity contribution in [2.24, 2.45) is 7.05 Å². The number of piperidine rings is 1. The molecule has 0 atom stereocenters. The minimum Gasteiger partial charge on any atom is -0.481 e. The third-order valence-corrected chi connectivity index (χ3v) is 4.31. The van der Waals surface area contributed by atoms with Gasteiger partial charge in [0.1, 0.15) is 5.82 Å². The molecular weight excluding hydrogens is 322 g/mol. The summed E-state index contributed by atoms with van der Waals surface area (Å²) in [6.45, 7) is 1.55. The fourth-order valence-corrected chi connectivity index (χ4v) is 2.82. The van der Waals surface area contributed by atoms with Gasteiger partial charge in [-0.15, -0.1) is 0 Å². The molecule has 1 aliphatic heterocycles. The average molecular weight is 343 g/mol. The first-order chi connectivity index (χ1) is 12.1. The molecule has 0 bridgehead atoms. The lowest BCUT2D eigenvalue weighted by atomic mass is 10.0. The highest BCUT2D eigenvalue weighted by molar-refractivity contribution is 5.94. The summed E-state index contributed by atoms with van der Waals surface area (Å²) in [5.74, 6) is 1.13. The number of aryl methyl sites for hydroxylation is 1. The van der Waals surface area contributed by atoms with Gasteiger partial charge in [0.2, 0.25) is 5.88 Å². The maximum absolute atomic E-state index is 12.3. The Labute approximate surface area is 145 Å². The summed E-state index contributed by atoms with van der Waals surface area (Å²) < 4.78 is 6.33. The molecule has 3 rings (SSSR count). The number of methoxy groups -OCH3 is 1. The summed E-state index contributed by atoms with van der Waals surface area (Å²) in [4.78, 5) is 29.9. The fourth-order valence-electron chi connectivity index (χ4n) is 2.82. The Hall–Kier alpha value is -2.90. The summed E-state index contributed by atoms with van der Waals surface area (Å²) in [6.07, 6.45) is 3.15. The zero-order valence-electron chi connectivity index (χ0n) is 14.3. The first-order valence-electron chi connectivity index (χ1n) is 8.17. The number of hydrogen-bond donors (Lipinski definition) is 1. The highest BCUT2D eigenvalue weighted by Crippen LogP contribution is 2.17. The zero-order chi connectivity index (χ0) is 17.8. The van der Waals surface area contributed by atoms with Crippen molar-refractivity contribution in [2.45, 2.75) is 18.9 Å². The van der Waals surface area contributed by atoms with Crippen molar-refractivity contribution in [1.29, 1.82) is 0 Å². The van der Waals surface area contributed by atoms with Gasteiger partial charge >= 0.3 is 0 Å². The summed E-state index contributed by atoms with van der Waals surface area (Å²) >= 11 is 0. The predicted molar refractivity (Wildman–Crippen MR) is 93.0 cm³/mol. The van der Waals surface area contributed by atoms with Crippen LogP contribution in [0.1, 0.15) is 23.2 Å². The van der Waals surface area contributed by atoms with E-state index in [1.807, 2.05) is 0 Å². The van der Waals surface area contributed by atoms with E-state index in [1.54, 1.807) is 25.2 Å².